The second-order valence-electron chi connectivity index (χ2n) is 5.77. The third-order valence-corrected chi connectivity index (χ3v) is 3.89. The van der Waals surface area contributed by atoms with E-state index in [1.165, 1.54) is 12.8 Å². The van der Waals surface area contributed by atoms with Crippen molar-refractivity contribution in [2.75, 3.05) is 19.6 Å². The van der Waals surface area contributed by atoms with E-state index in [-0.39, 0.29) is 5.92 Å². The predicted octanol–water partition coefficient (Wildman–Crippen LogP) is 1.49. The van der Waals surface area contributed by atoms with Crippen molar-refractivity contribution in [1.29, 1.82) is 0 Å². The van der Waals surface area contributed by atoms with Gasteiger partial charge in [0, 0.05) is 19.1 Å². The standard InChI is InChI=1S/C13H24N2O/c1-9(2)15(8-11-4-5-11)13(16)12-7-14-6-10(12)3/h9-12,14H,4-8H2,1-3H3. The lowest BCUT2D eigenvalue weighted by molar-refractivity contribution is -0.138. The molecule has 2 rings (SSSR count). The van der Waals surface area contributed by atoms with Crippen LogP contribution in [0.4, 0.5) is 0 Å². The average Bonchev–Trinajstić information content (AvgIpc) is 2.95. The molecular weight excluding hydrogens is 200 g/mol. The Morgan fingerprint density at radius 2 is 2.06 bits per heavy atom. The van der Waals surface area contributed by atoms with Crippen LogP contribution in [-0.4, -0.2) is 36.5 Å². The number of amides is 1. The molecule has 2 fully saturated rings. The molecule has 16 heavy (non-hydrogen) atoms. The van der Waals surface area contributed by atoms with Crippen LogP contribution in [0.2, 0.25) is 0 Å². The first-order valence-electron chi connectivity index (χ1n) is 6.60. The first-order valence-corrected chi connectivity index (χ1v) is 6.60. The third kappa shape index (κ3) is 2.57. The van der Waals surface area contributed by atoms with Gasteiger partial charge in [-0.2, -0.15) is 0 Å². The van der Waals surface area contributed by atoms with Crippen LogP contribution < -0.4 is 5.32 Å². The van der Waals surface area contributed by atoms with Crippen molar-refractivity contribution in [3.05, 3.63) is 0 Å². The zero-order valence-corrected chi connectivity index (χ0v) is 10.7. The Hall–Kier alpha value is -0.570. The van der Waals surface area contributed by atoms with Crippen LogP contribution in [0.15, 0.2) is 0 Å². The van der Waals surface area contributed by atoms with Crippen molar-refractivity contribution in [1.82, 2.24) is 10.2 Å². The van der Waals surface area contributed by atoms with E-state index in [9.17, 15) is 4.79 Å². The number of nitrogens with one attached hydrogen (secondary N) is 1. The summed E-state index contributed by atoms with van der Waals surface area (Å²) in [5.41, 5.74) is 0. The van der Waals surface area contributed by atoms with E-state index < -0.39 is 0 Å². The fourth-order valence-corrected chi connectivity index (χ4v) is 2.49. The number of carbonyl (C=O) groups is 1. The van der Waals surface area contributed by atoms with Gasteiger partial charge >= 0.3 is 0 Å². The van der Waals surface area contributed by atoms with Gasteiger partial charge in [-0.15, -0.1) is 0 Å². The first-order chi connectivity index (χ1) is 7.59. The van der Waals surface area contributed by atoms with Crippen LogP contribution >= 0.6 is 0 Å². The third-order valence-electron chi connectivity index (χ3n) is 3.89. The summed E-state index contributed by atoms with van der Waals surface area (Å²) in [6, 6.07) is 0.348. The molecule has 0 aromatic carbocycles. The molecule has 1 N–H and O–H groups in total. The molecule has 2 atom stereocenters. The van der Waals surface area contributed by atoms with Crippen molar-refractivity contribution in [3.63, 3.8) is 0 Å². The van der Waals surface area contributed by atoms with Crippen molar-refractivity contribution in [3.8, 4) is 0 Å². The highest BCUT2D eigenvalue weighted by Gasteiger charge is 2.36. The lowest BCUT2D eigenvalue weighted by Gasteiger charge is -2.30. The molecule has 0 bridgehead atoms. The molecule has 1 saturated heterocycles. The molecule has 3 heteroatoms. The quantitative estimate of drug-likeness (QED) is 0.784. The summed E-state index contributed by atoms with van der Waals surface area (Å²) in [5, 5.41) is 3.32. The molecule has 0 aromatic rings. The molecule has 2 unspecified atom stereocenters. The molecular formula is C13H24N2O. The Kier molecular flexibility index (Phi) is 3.53. The van der Waals surface area contributed by atoms with Crippen molar-refractivity contribution < 1.29 is 4.79 Å². The molecule has 0 spiro atoms. The fraction of sp³-hybridized carbons (Fsp3) is 0.923. The number of nitrogens with zero attached hydrogens (tertiary/aromatic N) is 1. The molecule has 1 aliphatic carbocycles. The second-order valence-corrected chi connectivity index (χ2v) is 5.77. The van der Waals surface area contributed by atoms with Gasteiger partial charge < -0.3 is 10.2 Å². The minimum Gasteiger partial charge on any atom is -0.340 e. The zero-order chi connectivity index (χ0) is 11.7. The molecule has 1 heterocycles. The van der Waals surface area contributed by atoms with E-state index in [4.69, 9.17) is 0 Å². The monoisotopic (exact) mass is 224 g/mol. The molecule has 1 aliphatic heterocycles. The number of rotatable bonds is 4. The van der Waals surface area contributed by atoms with Crippen LogP contribution in [0.25, 0.3) is 0 Å². The molecule has 1 saturated carbocycles. The Morgan fingerprint density at radius 3 is 2.50 bits per heavy atom. The van der Waals surface area contributed by atoms with Gasteiger partial charge in [0.1, 0.15) is 0 Å². The van der Waals surface area contributed by atoms with Gasteiger partial charge in [0.15, 0.2) is 0 Å². The van der Waals surface area contributed by atoms with E-state index >= 15 is 0 Å². The van der Waals surface area contributed by atoms with Crippen LogP contribution in [-0.2, 0) is 4.79 Å². The summed E-state index contributed by atoms with van der Waals surface area (Å²) in [4.78, 5) is 14.5. The van der Waals surface area contributed by atoms with Gasteiger partial charge in [0.05, 0.1) is 5.92 Å². The lowest BCUT2D eigenvalue weighted by atomic mass is 9.96. The summed E-state index contributed by atoms with van der Waals surface area (Å²) >= 11 is 0. The number of carbonyl (C=O) groups excluding carboxylic acids is 1. The Morgan fingerprint density at radius 1 is 1.38 bits per heavy atom. The van der Waals surface area contributed by atoms with Crippen LogP contribution in [0.5, 0.6) is 0 Å². The Bertz CT molecular complexity index is 261. The second kappa shape index (κ2) is 4.74. The van der Waals surface area contributed by atoms with E-state index in [1.807, 2.05) is 0 Å². The van der Waals surface area contributed by atoms with Crippen molar-refractivity contribution >= 4 is 5.91 Å². The lowest BCUT2D eigenvalue weighted by Crippen LogP contribution is -2.44. The topological polar surface area (TPSA) is 32.3 Å². The van der Waals surface area contributed by atoms with Gasteiger partial charge in [0.2, 0.25) is 5.91 Å². The maximum absolute atomic E-state index is 12.4. The fourth-order valence-electron chi connectivity index (χ4n) is 2.49. The minimum atomic E-state index is 0.209. The van der Waals surface area contributed by atoms with Gasteiger partial charge in [-0.3, -0.25) is 4.79 Å². The van der Waals surface area contributed by atoms with E-state index in [1.54, 1.807) is 0 Å². The summed E-state index contributed by atoms with van der Waals surface area (Å²) in [6.45, 7) is 9.29. The van der Waals surface area contributed by atoms with Crippen LogP contribution in [0, 0.1) is 17.8 Å². The van der Waals surface area contributed by atoms with Gasteiger partial charge in [-0.25, -0.2) is 0 Å². The summed E-state index contributed by atoms with van der Waals surface area (Å²) in [5.74, 6) is 1.87. The zero-order valence-electron chi connectivity index (χ0n) is 10.7. The van der Waals surface area contributed by atoms with Gasteiger partial charge in [-0.05, 0) is 45.1 Å². The average molecular weight is 224 g/mol. The molecule has 2 aliphatic rings. The van der Waals surface area contributed by atoms with Crippen molar-refractivity contribution in [2.24, 2.45) is 17.8 Å². The van der Waals surface area contributed by atoms with Gasteiger partial charge in [-0.1, -0.05) is 6.92 Å². The van der Waals surface area contributed by atoms with E-state index in [0.29, 0.717) is 17.9 Å². The molecule has 92 valence electrons. The van der Waals surface area contributed by atoms with E-state index in [2.05, 4.69) is 31.0 Å². The highest BCUT2D eigenvalue weighted by atomic mass is 16.2. The first kappa shape index (κ1) is 11.9. The highest BCUT2D eigenvalue weighted by Crippen LogP contribution is 2.31. The maximum atomic E-state index is 12.4. The van der Waals surface area contributed by atoms with Crippen LogP contribution in [0.3, 0.4) is 0 Å². The summed E-state index contributed by atoms with van der Waals surface area (Å²) in [7, 11) is 0. The highest BCUT2D eigenvalue weighted by molar-refractivity contribution is 5.80. The predicted molar refractivity (Wildman–Crippen MR) is 65.1 cm³/mol. The minimum absolute atomic E-state index is 0.209. The SMILES string of the molecule is CC1CNCC1C(=O)N(CC1CC1)C(C)C. The number of hydrogen-bond acceptors (Lipinski definition) is 2. The Balaban J connectivity index is 1.97. The van der Waals surface area contributed by atoms with E-state index in [0.717, 1.165) is 25.6 Å². The number of hydrogen-bond donors (Lipinski definition) is 1. The Labute approximate surface area is 98.6 Å². The summed E-state index contributed by atoms with van der Waals surface area (Å²) < 4.78 is 0. The smallest absolute Gasteiger partial charge is 0.227 e. The summed E-state index contributed by atoms with van der Waals surface area (Å²) in [6.07, 6.45) is 2.63. The normalized spacial score (nSPS) is 29.8. The molecule has 0 radical (unpaired) electrons. The maximum Gasteiger partial charge on any atom is 0.227 e. The largest absolute Gasteiger partial charge is 0.340 e. The molecule has 3 nitrogen and oxygen atoms in total. The van der Waals surface area contributed by atoms with Gasteiger partial charge in [0.25, 0.3) is 0 Å². The molecule has 0 aromatic heterocycles. The van der Waals surface area contributed by atoms with Crippen LogP contribution in [0.1, 0.15) is 33.6 Å². The molecule has 1 amide bonds. The van der Waals surface area contributed by atoms with Crippen molar-refractivity contribution in [2.45, 2.75) is 39.7 Å².